The molecule has 0 aromatic carbocycles. The Balaban J connectivity index is 2.25. The van der Waals surface area contributed by atoms with Crippen LogP contribution in [0.15, 0.2) is 28.7 Å². The molecule has 0 radical (unpaired) electrons. The number of anilines is 1. The first-order chi connectivity index (χ1) is 8.51. The van der Waals surface area contributed by atoms with Crippen molar-refractivity contribution in [1.82, 2.24) is 9.97 Å². The molecule has 0 saturated heterocycles. The van der Waals surface area contributed by atoms with Crippen LogP contribution in [0.5, 0.6) is 0 Å². The number of rotatable bonds is 3. The molecule has 0 bridgehead atoms. The SMILES string of the molecule is Cc1ncc(S(=O)(=O)Nc2ccc(C#N)cn2)s1. The van der Waals surface area contributed by atoms with Gasteiger partial charge in [0.2, 0.25) is 0 Å². The molecule has 2 aromatic heterocycles. The van der Waals surface area contributed by atoms with Crippen LogP contribution >= 0.6 is 11.3 Å². The second-order valence-electron chi connectivity index (χ2n) is 3.35. The fourth-order valence-corrected chi connectivity index (χ4v) is 3.29. The Labute approximate surface area is 108 Å². The van der Waals surface area contributed by atoms with Crippen LogP contribution in [0.25, 0.3) is 0 Å². The zero-order chi connectivity index (χ0) is 13.2. The van der Waals surface area contributed by atoms with Crippen LogP contribution in [0.1, 0.15) is 10.6 Å². The third kappa shape index (κ3) is 2.64. The third-order valence-corrected chi connectivity index (χ3v) is 4.73. The molecular weight excluding hydrogens is 272 g/mol. The van der Waals surface area contributed by atoms with E-state index >= 15 is 0 Å². The van der Waals surface area contributed by atoms with Crippen molar-refractivity contribution in [3.05, 3.63) is 35.1 Å². The van der Waals surface area contributed by atoms with E-state index < -0.39 is 10.0 Å². The van der Waals surface area contributed by atoms with E-state index in [0.29, 0.717) is 10.6 Å². The Morgan fingerprint density at radius 1 is 1.33 bits per heavy atom. The van der Waals surface area contributed by atoms with E-state index in [2.05, 4.69) is 14.7 Å². The number of thiazole rings is 1. The Hall–Kier alpha value is -1.98. The van der Waals surface area contributed by atoms with Crippen LogP contribution in [0.2, 0.25) is 0 Å². The van der Waals surface area contributed by atoms with Crippen molar-refractivity contribution in [3.8, 4) is 6.07 Å². The lowest BCUT2D eigenvalue weighted by atomic mass is 10.3. The number of hydrogen-bond donors (Lipinski definition) is 1. The summed E-state index contributed by atoms with van der Waals surface area (Å²) < 4.78 is 26.3. The molecule has 0 amide bonds. The Bertz CT molecular complexity index is 698. The standard InChI is InChI=1S/C10H8N4O2S2/c1-7-12-6-10(17-7)18(15,16)14-9-3-2-8(4-11)5-13-9/h2-3,5-6H,1H3,(H,13,14). The highest BCUT2D eigenvalue weighted by atomic mass is 32.2. The second-order valence-corrected chi connectivity index (χ2v) is 6.49. The topological polar surface area (TPSA) is 95.7 Å². The first-order valence-corrected chi connectivity index (χ1v) is 7.12. The summed E-state index contributed by atoms with van der Waals surface area (Å²) in [6.07, 6.45) is 2.60. The summed E-state index contributed by atoms with van der Waals surface area (Å²) >= 11 is 1.08. The molecule has 0 spiro atoms. The highest BCUT2D eigenvalue weighted by Gasteiger charge is 2.17. The predicted molar refractivity (Wildman–Crippen MR) is 66.6 cm³/mol. The van der Waals surface area contributed by atoms with Crippen molar-refractivity contribution in [3.63, 3.8) is 0 Å². The van der Waals surface area contributed by atoms with Gasteiger partial charge in [0.25, 0.3) is 10.0 Å². The summed E-state index contributed by atoms with van der Waals surface area (Å²) in [5, 5.41) is 9.28. The highest BCUT2D eigenvalue weighted by Crippen LogP contribution is 2.20. The number of pyridine rings is 1. The highest BCUT2D eigenvalue weighted by molar-refractivity contribution is 7.94. The first-order valence-electron chi connectivity index (χ1n) is 4.83. The van der Waals surface area contributed by atoms with Crippen molar-refractivity contribution < 1.29 is 8.42 Å². The maximum Gasteiger partial charge on any atom is 0.274 e. The van der Waals surface area contributed by atoms with E-state index in [1.54, 1.807) is 6.92 Å². The summed E-state index contributed by atoms with van der Waals surface area (Å²) in [4.78, 5) is 7.73. The van der Waals surface area contributed by atoms with Crippen LogP contribution in [-0.2, 0) is 10.0 Å². The third-order valence-electron chi connectivity index (χ3n) is 2.00. The van der Waals surface area contributed by atoms with Crippen molar-refractivity contribution in [1.29, 1.82) is 5.26 Å². The normalized spacial score (nSPS) is 10.9. The number of aryl methyl sites for hydroxylation is 1. The summed E-state index contributed by atoms with van der Waals surface area (Å²) in [6, 6.07) is 4.83. The van der Waals surface area contributed by atoms with Gasteiger partial charge >= 0.3 is 0 Å². The van der Waals surface area contributed by atoms with E-state index in [9.17, 15) is 8.42 Å². The molecular formula is C10H8N4O2S2. The molecule has 0 fully saturated rings. The van der Waals surface area contributed by atoms with Gasteiger partial charge in [0, 0.05) is 6.20 Å². The Kier molecular flexibility index (Phi) is 3.27. The molecule has 18 heavy (non-hydrogen) atoms. The van der Waals surface area contributed by atoms with E-state index in [1.165, 1.54) is 24.5 Å². The lowest BCUT2D eigenvalue weighted by Crippen LogP contribution is -2.12. The molecule has 2 aromatic rings. The van der Waals surface area contributed by atoms with Crippen LogP contribution in [0, 0.1) is 18.3 Å². The average Bonchev–Trinajstić information content (AvgIpc) is 2.77. The van der Waals surface area contributed by atoms with Gasteiger partial charge in [-0.2, -0.15) is 5.26 Å². The Morgan fingerprint density at radius 2 is 2.11 bits per heavy atom. The monoisotopic (exact) mass is 280 g/mol. The quantitative estimate of drug-likeness (QED) is 0.919. The smallest absolute Gasteiger partial charge is 0.263 e. The molecule has 2 rings (SSSR count). The number of nitrogens with zero attached hydrogens (tertiary/aromatic N) is 3. The summed E-state index contributed by atoms with van der Waals surface area (Å²) in [7, 11) is -3.65. The Morgan fingerprint density at radius 3 is 2.61 bits per heavy atom. The molecule has 0 atom stereocenters. The molecule has 0 aliphatic carbocycles. The van der Waals surface area contributed by atoms with Gasteiger partial charge in [-0.25, -0.2) is 18.4 Å². The van der Waals surface area contributed by atoms with Crippen LogP contribution in [0.4, 0.5) is 5.82 Å². The lowest BCUT2D eigenvalue weighted by Gasteiger charge is -2.04. The summed E-state index contributed by atoms with van der Waals surface area (Å²) in [5.74, 6) is 0.167. The number of nitriles is 1. The fraction of sp³-hybridized carbons (Fsp3) is 0.100. The van der Waals surface area contributed by atoms with Crippen molar-refractivity contribution in [2.45, 2.75) is 11.1 Å². The van der Waals surface area contributed by atoms with Crippen LogP contribution in [-0.4, -0.2) is 18.4 Å². The van der Waals surface area contributed by atoms with Crippen molar-refractivity contribution in [2.24, 2.45) is 0 Å². The van der Waals surface area contributed by atoms with Crippen molar-refractivity contribution in [2.75, 3.05) is 4.72 Å². The largest absolute Gasteiger partial charge is 0.274 e. The van der Waals surface area contributed by atoms with E-state index in [1.807, 2.05) is 6.07 Å². The maximum absolute atomic E-state index is 11.9. The molecule has 8 heteroatoms. The molecule has 92 valence electrons. The zero-order valence-electron chi connectivity index (χ0n) is 9.28. The molecule has 1 N–H and O–H groups in total. The molecule has 2 heterocycles. The number of hydrogen-bond acceptors (Lipinski definition) is 6. The predicted octanol–water partition coefficient (Wildman–Crippen LogP) is 1.52. The molecule has 0 aliphatic heterocycles. The zero-order valence-corrected chi connectivity index (χ0v) is 10.9. The van der Waals surface area contributed by atoms with Gasteiger partial charge in [0.05, 0.1) is 16.8 Å². The van der Waals surface area contributed by atoms with E-state index in [4.69, 9.17) is 5.26 Å². The van der Waals surface area contributed by atoms with Gasteiger partial charge in [0.1, 0.15) is 11.9 Å². The van der Waals surface area contributed by atoms with Gasteiger partial charge in [-0.3, -0.25) is 4.72 Å². The van der Waals surface area contributed by atoms with Crippen LogP contribution < -0.4 is 4.72 Å². The summed E-state index contributed by atoms with van der Waals surface area (Å²) in [5.41, 5.74) is 0.367. The van der Waals surface area contributed by atoms with Gasteiger partial charge in [0.15, 0.2) is 4.21 Å². The minimum atomic E-state index is -3.65. The molecule has 0 saturated carbocycles. The minimum absolute atomic E-state index is 0.131. The van der Waals surface area contributed by atoms with E-state index in [0.717, 1.165) is 11.3 Å². The fourth-order valence-electron chi connectivity index (χ4n) is 1.17. The number of sulfonamides is 1. The van der Waals surface area contributed by atoms with Crippen LogP contribution in [0.3, 0.4) is 0 Å². The molecule has 6 nitrogen and oxygen atoms in total. The summed E-state index contributed by atoms with van der Waals surface area (Å²) in [6.45, 7) is 1.73. The minimum Gasteiger partial charge on any atom is -0.263 e. The lowest BCUT2D eigenvalue weighted by molar-refractivity contribution is 0.603. The average molecular weight is 280 g/mol. The maximum atomic E-state index is 11.9. The van der Waals surface area contributed by atoms with Gasteiger partial charge in [-0.1, -0.05) is 0 Å². The van der Waals surface area contributed by atoms with Gasteiger partial charge < -0.3 is 0 Å². The number of aromatic nitrogens is 2. The first kappa shape index (κ1) is 12.5. The van der Waals surface area contributed by atoms with Gasteiger partial charge in [-0.05, 0) is 19.1 Å². The van der Waals surface area contributed by atoms with Gasteiger partial charge in [-0.15, -0.1) is 11.3 Å². The number of nitrogens with one attached hydrogen (secondary N) is 1. The molecule has 0 aliphatic rings. The van der Waals surface area contributed by atoms with E-state index in [-0.39, 0.29) is 10.0 Å². The van der Waals surface area contributed by atoms with Crippen molar-refractivity contribution >= 4 is 27.2 Å². The second kappa shape index (κ2) is 4.72. The molecule has 0 unspecified atom stereocenters.